The maximum Gasteiger partial charge on any atom is 0.325 e. The first-order valence-corrected chi connectivity index (χ1v) is 8.92. The fourth-order valence-corrected chi connectivity index (χ4v) is 3.08. The second-order valence-corrected chi connectivity index (χ2v) is 7.69. The van der Waals surface area contributed by atoms with Gasteiger partial charge in [0.2, 0.25) is 0 Å². The summed E-state index contributed by atoms with van der Waals surface area (Å²) < 4.78 is 7.28. The standard InChI is InChI=1S/C19H26N4O3/c1-19(2,3)14-4-6-15(7-5-14)26-12-16-21-18(13-8-9-20-10-13)23(22-16)11-17(24)25/h4-7,13,20H,8-12H2,1-3H3,(H,24,25). The van der Waals surface area contributed by atoms with Crippen LogP contribution in [0.3, 0.4) is 0 Å². The monoisotopic (exact) mass is 358 g/mol. The topological polar surface area (TPSA) is 89.3 Å². The molecule has 140 valence electrons. The average Bonchev–Trinajstić information content (AvgIpc) is 3.21. The Hall–Kier alpha value is -2.41. The third-order valence-electron chi connectivity index (χ3n) is 4.54. The minimum Gasteiger partial charge on any atom is -0.486 e. The molecule has 1 saturated heterocycles. The van der Waals surface area contributed by atoms with Crippen molar-refractivity contribution in [3.63, 3.8) is 0 Å². The van der Waals surface area contributed by atoms with Crippen molar-refractivity contribution in [2.75, 3.05) is 13.1 Å². The summed E-state index contributed by atoms with van der Waals surface area (Å²) in [6, 6.07) is 8.00. The van der Waals surface area contributed by atoms with Gasteiger partial charge in [-0.05, 0) is 36.1 Å². The molecule has 0 spiro atoms. The van der Waals surface area contributed by atoms with Crippen LogP contribution < -0.4 is 10.1 Å². The van der Waals surface area contributed by atoms with Crippen LogP contribution >= 0.6 is 0 Å². The van der Waals surface area contributed by atoms with E-state index in [2.05, 4.69) is 48.3 Å². The molecule has 1 aromatic carbocycles. The molecule has 1 atom stereocenters. The van der Waals surface area contributed by atoms with Crippen molar-refractivity contribution in [2.45, 2.75) is 51.7 Å². The number of aromatic nitrogens is 3. The van der Waals surface area contributed by atoms with Crippen molar-refractivity contribution in [3.05, 3.63) is 41.5 Å². The van der Waals surface area contributed by atoms with Gasteiger partial charge in [-0.3, -0.25) is 4.79 Å². The molecular formula is C19H26N4O3. The fraction of sp³-hybridized carbons (Fsp3) is 0.526. The van der Waals surface area contributed by atoms with E-state index in [1.807, 2.05) is 12.1 Å². The lowest BCUT2D eigenvalue weighted by molar-refractivity contribution is -0.137. The summed E-state index contributed by atoms with van der Waals surface area (Å²) in [5.41, 5.74) is 1.34. The molecule has 3 rings (SSSR count). The molecule has 0 bridgehead atoms. The lowest BCUT2D eigenvalue weighted by atomic mass is 9.87. The zero-order valence-corrected chi connectivity index (χ0v) is 15.5. The third kappa shape index (κ3) is 4.40. The van der Waals surface area contributed by atoms with E-state index in [0.29, 0.717) is 5.82 Å². The number of rotatable bonds is 6. The van der Waals surface area contributed by atoms with Crippen LogP contribution in [0.5, 0.6) is 5.75 Å². The zero-order valence-electron chi connectivity index (χ0n) is 15.5. The molecule has 7 heteroatoms. The third-order valence-corrected chi connectivity index (χ3v) is 4.54. The van der Waals surface area contributed by atoms with Crippen molar-refractivity contribution < 1.29 is 14.6 Å². The summed E-state index contributed by atoms with van der Waals surface area (Å²) >= 11 is 0. The Bertz CT molecular complexity index is 756. The predicted octanol–water partition coefficient (Wildman–Crippen LogP) is 2.32. The fourth-order valence-electron chi connectivity index (χ4n) is 3.08. The van der Waals surface area contributed by atoms with Gasteiger partial charge in [0.1, 0.15) is 24.7 Å². The number of carboxylic acid groups (broad SMARTS) is 1. The van der Waals surface area contributed by atoms with Crippen molar-refractivity contribution in [2.24, 2.45) is 0 Å². The van der Waals surface area contributed by atoms with Gasteiger partial charge in [-0.1, -0.05) is 32.9 Å². The van der Waals surface area contributed by atoms with Crippen LogP contribution in [0.1, 0.15) is 50.3 Å². The van der Waals surface area contributed by atoms with Crippen LogP contribution in [0.4, 0.5) is 0 Å². The van der Waals surface area contributed by atoms with Crippen LogP contribution in [0, 0.1) is 0 Å². The Morgan fingerprint density at radius 1 is 1.35 bits per heavy atom. The van der Waals surface area contributed by atoms with Crippen molar-refractivity contribution in [1.29, 1.82) is 0 Å². The molecule has 2 N–H and O–H groups in total. The minimum atomic E-state index is -0.924. The molecule has 2 heterocycles. The van der Waals surface area contributed by atoms with Crippen LogP contribution in [0.25, 0.3) is 0 Å². The number of hydrogen-bond acceptors (Lipinski definition) is 5. The number of benzene rings is 1. The predicted molar refractivity (Wildman–Crippen MR) is 97.4 cm³/mol. The van der Waals surface area contributed by atoms with Gasteiger partial charge in [-0.2, -0.15) is 5.10 Å². The molecular weight excluding hydrogens is 332 g/mol. The molecule has 1 fully saturated rings. The van der Waals surface area contributed by atoms with Gasteiger partial charge in [0.05, 0.1) is 0 Å². The highest BCUT2D eigenvalue weighted by Gasteiger charge is 2.24. The van der Waals surface area contributed by atoms with Crippen LogP contribution in [0.2, 0.25) is 0 Å². The lowest BCUT2D eigenvalue weighted by Crippen LogP contribution is -2.17. The zero-order chi connectivity index (χ0) is 18.7. The number of ether oxygens (including phenoxy) is 1. The second kappa shape index (κ2) is 7.45. The van der Waals surface area contributed by atoms with E-state index in [4.69, 9.17) is 9.84 Å². The molecule has 0 aliphatic carbocycles. The van der Waals surface area contributed by atoms with Crippen LogP contribution in [-0.4, -0.2) is 38.9 Å². The molecule has 1 aliphatic heterocycles. The van der Waals surface area contributed by atoms with E-state index in [1.165, 1.54) is 10.2 Å². The van der Waals surface area contributed by atoms with E-state index < -0.39 is 5.97 Å². The second-order valence-electron chi connectivity index (χ2n) is 7.69. The maximum atomic E-state index is 11.1. The number of aliphatic carboxylic acids is 1. The number of carbonyl (C=O) groups is 1. The number of hydrogen-bond donors (Lipinski definition) is 2. The number of nitrogens with one attached hydrogen (secondary N) is 1. The van der Waals surface area contributed by atoms with Gasteiger partial charge in [0, 0.05) is 12.5 Å². The van der Waals surface area contributed by atoms with Gasteiger partial charge in [0.15, 0.2) is 5.82 Å². The van der Waals surface area contributed by atoms with E-state index in [9.17, 15) is 4.79 Å². The van der Waals surface area contributed by atoms with E-state index in [0.717, 1.165) is 31.1 Å². The van der Waals surface area contributed by atoms with E-state index >= 15 is 0 Å². The summed E-state index contributed by atoms with van der Waals surface area (Å²) in [4.78, 5) is 15.6. The Morgan fingerprint density at radius 2 is 2.08 bits per heavy atom. The van der Waals surface area contributed by atoms with Crippen LogP contribution in [-0.2, 0) is 23.4 Å². The summed E-state index contributed by atoms with van der Waals surface area (Å²) in [5.74, 6) is 1.25. The lowest BCUT2D eigenvalue weighted by Gasteiger charge is -2.19. The highest BCUT2D eigenvalue weighted by molar-refractivity contribution is 5.66. The van der Waals surface area contributed by atoms with Gasteiger partial charge in [0.25, 0.3) is 0 Å². The van der Waals surface area contributed by atoms with Gasteiger partial charge >= 0.3 is 5.97 Å². The highest BCUT2D eigenvalue weighted by atomic mass is 16.5. The smallest absolute Gasteiger partial charge is 0.325 e. The summed E-state index contributed by atoms with van der Waals surface area (Å²) in [7, 11) is 0. The Kier molecular flexibility index (Phi) is 5.27. The van der Waals surface area contributed by atoms with Crippen molar-refractivity contribution in [3.8, 4) is 5.75 Å². The normalized spacial score (nSPS) is 17.4. The molecule has 0 saturated carbocycles. The molecule has 0 radical (unpaired) electrons. The minimum absolute atomic E-state index is 0.0971. The summed E-state index contributed by atoms with van der Waals surface area (Å²) in [5, 5.41) is 16.7. The summed E-state index contributed by atoms with van der Waals surface area (Å²) in [6.45, 7) is 8.25. The maximum absolute atomic E-state index is 11.1. The Balaban J connectivity index is 1.70. The molecule has 0 amide bonds. The van der Waals surface area contributed by atoms with Gasteiger partial charge in [-0.25, -0.2) is 9.67 Å². The first-order valence-electron chi connectivity index (χ1n) is 8.92. The number of carboxylic acids is 1. The molecule has 1 aliphatic rings. The summed E-state index contributed by atoms with van der Waals surface area (Å²) in [6.07, 6.45) is 0.937. The first-order chi connectivity index (χ1) is 12.3. The largest absolute Gasteiger partial charge is 0.486 e. The molecule has 1 aromatic heterocycles. The Labute approximate surface area is 153 Å². The van der Waals surface area contributed by atoms with Crippen molar-refractivity contribution >= 4 is 5.97 Å². The molecule has 26 heavy (non-hydrogen) atoms. The van der Waals surface area contributed by atoms with E-state index in [-0.39, 0.29) is 24.5 Å². The van der Waals surface area contributed by atoms with E-state index in [1.54, 1.807) is 0 Å². The molecule has 1 unspecified atom stereocenters. The van der Waals surface area contributed by atoms with Gasteiger partial charge in [-0.15, -0.1) is 0 Å². The molecule has 7 nitrogen and oxygen atoms in total. The van der Waals surface area contributed by atoms with Gasteiger partial charge < -0.3 is 15.2 Å². The number of nitrogens with zero attached hydrogens (tertiary/aromatic N) is 3. The van der Waals surface area contributed by atoms with Crippen molar-refractivity contribution in [1.82, 2.24) is 20.1 Å². The average molecular weight is 358 g/mol. The highest BCUT2D eigenvalue weighted by Crippen LogP contribution is 2.25. The quantitative estimate of drug-likeness (QED) is 0.824. The molecule has 2 aromatic rings. The van der Waals surface area contributed by atoms with Crippen LogP contribution in [0.15, 0.2) is 24.3 Å². The SMILES string of the molecule is CC(C)(C)c1ccc(OCc2nc(C3CCNC3)n(CC(=O)O)n2)cc1. The Morgan fingerprint density at radius 3 is 2.65 bits per heavy atom. The first kappa shape index (κ1) is 18.4.